The molecule has 3 nitrogen and oxygen atoms in total. The van der Waals surface area contributed by atoms with E-state index in [2.05, 4.69) is 4.98 Å². The highest BCUT2D eigenvalue weighted by Gasteiger charge is 2.18. The molecule has 0 radical (unpaired) electrons. The molecule has 0 aliphatic heterocycles. The van der Waals surface area contributed by atoms with Crippen molar-refractivity contribution in [3.63, 3.8) is 0 Å². The lowest BCUT2D eigenvalue weighted by molar-refractivity contribution is 0.101. The SMILES string of the molecule is CCc1cccnc1C(=O)c1cc2cccc(C)c2o1. The molecule has 0 saturated carbocycles. The Morgan fingerprint density at radius 1 is 1.25 bits per heavy atom. The van der Waals surface area contributed by atoms with Gasteiger partial charge in [0.1, 0.15) is 11.3 Å². The molecule has 0 aliphatic rings. The number of carbonyl (C=O) groups excluding carboxylic acids is 1. The third-order valence-corrected chi connectivity index (χ3v) is 3.45. The van der Waals surface area contributed by atoms with Crippen LogP contribution in [0.3, 0.4) is 0 Å². The average Bonchev–Trinajstić information content (AvgIpc) is 2.92. The summed E-state index contributed by atoms with van der Waals surface area (Å²) in [6, 6.07) is 11.4. The Balaban J connectivity index is 2.11. The van der Waals surface area contributed by atoms with E-state index in [4.69, 9.17) is 4.42 Å². The van der Waals surface area contributed by atoms with E-state index in [9.17, 15) is 4.79 Å². The van der Waals surface area contributed by atoms with Crippen LogP contribution in [0.5, 0.6) is 0 Å². The van der Waals surface area contributed by atoms with Crippen molar-refractivity contribution in [2.45, 2.75) is 20.3 Å². The molecule has 0 aliphatic carbocycles. The monoisotopic (exact) mass is 265 g/mol. The smallest absolute Gasteiger partial charge is 0.246 e. The summed E-state index contributed by atoms with van der Waals surface area (Å²) in [5.74, 6) is 0.195. The Morgan fingerprint density at radius 3 is 2.85 bits per heavy atom. The molecular weight excluding hydrogens is 250 g/mol. The molecule has 0 N–H and O–H groups in total. The first-order chi connectivity index (χ1) is 9.70. The molecular formula is C17H15NO2. The molecule has 3 heteroatoms. The summed E-state index contributed by atoms with van der Waals surface area (Å²) in [6.07, 6.45) is 2.41. The van der Waals surface area contributed by atoms with E-state index in [1.165, 1.54) is 0 Å². The second-order valence-corrected chi connectivity index (χ2v) is 4.80. The average molecular weight is 265 g/mol. The summed E-state index contributed by atoms with van der Waals surface area (Å²) in [5, 5.41) is 0.947. The lowest BCUT2D eigenvalue weighted by Crippen LogP contribution is -2.06. The van der Waals surface area contributed by atoms with Gasteiger partial charge in [-0.15, -0.1) is 0 Å². The molecule has 1 aromatic carbocycles. The normalized spacial score (nSPS) is 10.9. The molecule has 0 spiro atoms. The van der Waals surface area contributed by atoms with Gasteiger partial charge in [-0.3, -0.25) is 9.78 Å². The molecule has 20 heavy (non-hydrogen) atoms. The van der Waals surface area contributed by atoms with Crippen LogP contribution in [0.4, 0.5) is 0 Å². The standard InChI is InChI=1S/C17H15NO2/c1-3-12-8-5-9-18-15(12)16(19)14-10-13-7-4-6-11(2)17(13)20-14/h4-10H,3H2,1-2H3. The zero-order valence-corrected chi connectivity index (χ0v) is 11.5. The Bertz CT molecular complexity index is 787. The molecule has 0 atom stereocenters. The number of carbonyl (C=O) groups is 1. The molecule has 3 rings (SSSR count). The van der Waals surface area contributed by atoms with Gasteiger partial charge < -0.3 is 4.42 Å². The summed E-state index contributed by atoms with van der Waals surface area (Å²) in [5.41, 5.74) is 3.21. The van der Waals surface area contributed by atoms with Crippen molar-refractivity contribution in [1.82, 2.24) is 4.98 Å². The third-order valence-electron chi connectivity index (χ3n) is 3.45. The number of furan rings is 1. The zero-order valence-electron chi connectivity index (χ0n) is 11.5. The van der Waals surface area contributed by atoms with E-state index in [0.717, 1.165) is 28.5 Å². The van der Waals surface area contributed by atoms with E-state index in [1.807, 2.05) is 44.2 Å². The van der Waals surface area contributed by atoms with E-state index >= 15 is 0 Å². The predicted molar refractivity (Wildman–Crippen MR) is 78.0 cm³/mol. The van der Waals surface area contributed by atoms with Crippen LogP contribution in [0.1, 0.15) is 34.3 Å². The van der Waals surface area contributed by atoms with Gasteiger partial charge in [0.05, 0.1) is 0 Å². The van der Waals surface area contributed by atoms with E-state index in [0.29, 0.717) is 11.5 Å². The number of hydrogen-bond acceptors (Lipinski definition) is 3. The Hall–Kier alpha value is -2.42. The number of hydrogen-bond donors (Lipinski definition) is 0. The predicted octanol–water partition coefficient (Wildman–Crippen LogP) is 3.93. The fourth-order valence-corrected chi connectivity index (χ4v) is 2.37. The highest BCUT2D eigenvalue weighted by atomic mass is 16.3. The van der Waals surface area contributed by atoms with Crippen LogP contribution in [0.2, 0.25) is 0 Å². The van der Waals surface area contributed by atoms with Crippen LogP contribution in [0.15, 0.2) is 47.0 Å². The molecule has 2 aromatic heterocycles. The van der Waals surface area contributed by atoms with Gasteiger partial charge in [0, 0.05) is 11.6 Å². The highest BCUT2D eigenvalue weighted by molar-refractivity contribution is 6.08. The number of fused-ring (bicyclic) bond motifs is 1. The van der Waals surface area contributed by atoms with Crippen molar-refractivity contribution in [1.29, 1.82) is 0 Å². The van der Waals surface area contributed by atoms with Crippen LogP contribution in [0.25, 0.3) is 11.0 Å². The first-order valence-corrected chi connectivity index (χ1v) is 6.68. The van der Waals surface area contributed by atoms with Crippen LogP contribution >= 0.6 is 0 Å². The second-order valence-electron chi connectivity index (χ2n) is 4.80. The third kappa shape index (κ3) is 2.01. The molecule has 100 valence electrons. The number of benzene rings is 1. The summed E-state index contributed by atoms with van der Waals surface area (Å²) in [7, 11) is 0. The number of nitrogens with zero attached hydrogens (tertiary/aromatic N) is 1. The van der Waals surface area contributed by atoms with E-state index in [-0.39, 0.29) is 5.78 Å². The van der Waals surface area contributed by atoms with E-state index < -0.39 is 0 Å². The minimum Gasteiger partial charge on any atom is -0.452 e. The summed E-state index contributed by atoms with van der Waals surface area (Å²) in [4.78, 5) is 16.8. The first-order valence-electron chi connectivity index (χ1n) is 6.68. The summed E-state index contributed by atoms with van der Waals surface area (Å²) >= 11 is 0. The van der Waals surface area contributed by atoms with Crippen LogP contribution in [-0.2, 0) is 6.42 Å². The van der Waals surface area contributed by atoms with Crippen molar-refractivity contribution in [2.75, 3.05) is 0 Å². The number of aryl methyl sites for hydroxylation is 2. The Kier molecular flexibility index (Phi) is 3.11. The topological polar surface area (TPSA) is 43.1 Å². The van der Waals surface area contributed by atoms with Crippen molar-refractivity contribution in [3.8, 4) is 0 Å². The maximum absolute atomic E-state index is 12.6. The second kappa shape index (κ2) is 4.93. The fourth-order valence-electron chi connectivity index (χ4n) is 2.37. The highest BCUT2D eigenvalue weighted by Crippen LogP contribution is 2.24. The van der Waals surface area contributed by atoms with Gasteiger partial charge in [-0.25, -0.2) is 0 Å². The van der Waals surface area contributed by atoms with Gasteiger partial charge in [-0.05, 0) is 36.6 Å². The number of pyridine rings is 1. The van der Waals surface area contributed by atoms with Crippen molar-refractivity contribution >= 4 is 16.8 Å². The molecule has 0 bridgehead atoms. The number of aromatic nitrogens is 1. The van der Waals surface area contributed by atoms with Crippen molar-refractivity contribution in [3.05, 3.63) is 65.2 Å². The van der Waals surface area contributed by atoms with Gasteiger partial charge in [0.2, 0.25) is 5.78 Å². The molecule has 2 heterocycles. The molecule has 0 unspecified atom stereocenters. The Labute approximate surface area is 117 Å². The summed E-state index contributed by atoms with van der Waals surface area (Å²) in [6.45, 7) is 3.98. The number of rotatable bonds is 3. The zero-order chi connectivity index (χ0) is 14.1. The van der Waals surface area contributed by atoms with Gasteiger partial charge in [-0.1, -0.05) is 31.2 Å². The lowest BCUT2D eigenvalue weighted by atomic mass is 10.1. The molecule has 0 saturated heterocycles. The van der Waals surface area contributed by atoms with Crippen molar-refractivity contribution < 1.29 is 9.21 Å². The van der Waals surface area contributed by atoms with Crippen LogP contribution in [-0.4, -0.2) is 10.8 Å². The Morgan fingerprint density at radius 2 is 2.10 bits per heavy atom. The largest absolute Gasteiger partial charge is 0.452 e. The molecule has 0 fully saturated rings. The van der Waals surface area contributed by atoms with Gasteiger partial charge in [-0.2, -0.15) is 0 Å². The fraction of sp³-hybridized carbons (Fsp3) is 0.176. The van der Waals surface area contributed by atoms with Crippen molar-refractivity contribution in [2.24, 2.45) is 0 Å². The lowest BCUT2D eigenvalue weighted by Gasteiger charge is -2.02. The van der Waals surface area contributed by atoms with Gasteiger partial charge in [0.15, 0.2) is 5.76 Å². The van der Waals surface area contributed by atoms with Gasteiger partial charge in [0.25, 0.3) is 0 Å². The number of para-hydroxylation sites is 1. The molecule has 0 amide bonds. The molecule has 3 aromatic rings. The van der Waals surface area contributed by atoms with Crippen LogP contribution < -0.4 is 0 Å². The minimum atomic E-state index is -0.155. The van der Waals surface area contributed by atoms with E-state index in [1.54, 1.807) is 12.3 Å². The maximum Gasteiger partial charge on any atom is 0.246 e. The minimum absolute atomic E-state index is 0.155. The maximum atomic E-state index is 12.6. The van der Waals surface area contributed by atoms with Crippen LogP contribution in [0, 0.1) is 6.92 Å². The number of ketones is 1. The quantitative estimate of drug-likeness (QED) is 0.674. The summed E-state index contributed by atoms with van der Waals surface area (Å²) < 4.78 is 5.72. The first kappa shape index (κ1) is 12.6. The van der Waals surface area contributed by atoms with Gasteiger partial charge >= 0.3 is 0 Å².